The number of carbonyl (C=O) groups is 1. The van der Waals surface area contributed by atoms with Crippen LogP contribution < -0.4 is 10.2 Å². The number of fused-ring (bicyclic) bond motifs is 1. The highest BCUT2D eigenvalue weighted by Crippen LogP contribution is 2.31. The van der Waals surface area contributed by atoms with Crippen LogP contribution in [0.15, 0.2) is 30.3 Å². The Morgan fingerprint density at radius 1 is 1.24 bits per heavy atom. The van der Waals surface area contributed by atoms with E-state index in [0.717, 1.165) is 61.8 Å². The molecule has 1 aromatic heterocycles. The molecular formula is C20H24N4O. The van der Waals surface area contributed by atoms with Crippen LogP contribution in [0.1, 0.15) is 41.4 Å². The van der Waals surface area contributed by atoms with Crippen LogP contribution in [0, 0.1) is 6.92 Å². The van der Waals surface area contributed by atoms with Crippen LogP contribution in [0.4, 0.5) is 5.82 Å². The first-order valence-corrected chi connectivity index (χ1v) is 9.15. The molecule has 2 aromatic rings. The minimum absolute atomic E-state index is 0.155. The standard InChI is InChI=1S/C20H24N4O/c1-14-17-12-18(25)24(11-5-8-15-6-3-2-4-7-15)20(17)23-19(22-14)16-9-10-21-13-16/h2-4,6-7,16,21H,5,8-13H2,1H3/t16-/m1/s1. The van der Waals surface area contributed by atoms with Crippen molar-refractivity contribution in [2.45, 2.75) is 38.5 Å². The Kier molecular flexibility index (Phi) is 4.49. The van der Waals surface area contributed by atoms with Crippen molar-refractivity contribution in [2.75, 3.05) is 24.5 Å². The van der Waals surface area contributed by atoms with Gasteiger partial charge in [0.1, 0.15) is 11.6 Å². The Hall–Kier alpha value is -2.27. The Bertz CT molecular complexity index is 769. The summed E-state index contributed by atoms with van der Waals surface area (Å²) in [6, 6.07) is 10.4. The number of aromatic nitrogens is 2. The lowest BCUT2D eigenvalue weighted by Crippen LogP contribution is -2.29. The maximum Gasteiger partial charge on any atom is 0.232 e. The minimum atomic E-state index is 0.155. The quantitative estimate of drug-likeness (QED) is 0.911. The molecule has 1 aromatic carbocycles. The molecule has 0 aliphatic carbocycles. The fraction of sp³-hybridized carbons (Fsp3) is 0.450. The van der Waals surface area contributed by atoms with E-state index in [2.05, 4.69) is 29.6 Å². The highest BCUT2D eigenvalue weighted by molar-refractivity contribution is 6.00. The Balaban J connectivity index is 1.51. The lowest BCUT2D eigenvalue weighted by atomic mass is 10.1. The molecule has 0 saturated carbocycles. The van der Waals surface area contributed by atoms with Gasteiger partial charge in [-0.05, 0) is 38.3 Å². The first kappa shape index (κ1) is 16.2. The second-order valence-corrected chi connectivity index (χ2v) is 6.97. The predicted octanol–water partition coefficient (Wildman–Crippen LogP) is 2.38. The van der Waals surface area contributed by atoms with Crippen molar-refractivity contribution in [3.8, 4) is 0 Å². The number of hydrogen-bond donors (Lipinski definition) is 1. The summed E-state index contributed by atoms with van der Waals surface area (Å²) in [6.45, 7) is 4.68. The lowest BCUT2D eigenvalue weighted by Gasteiger charge is -2.18. The summed E-state index contributed by atoms with van der Waals surface area (Å²) in [6.07, 6.45) is 3.43. The number of amides is 1. The third kappa shape index (κ3) is 3.29. The lowest BCUT2D eigenvalue weighted by molar-refractivity contribution is -0.117. The molecule has 0 unspecified atom stereocenters. The van der Waals surface area contributed by atoms with Crippen LogP contribution in [-0.2, 0) is 17.6 Å². The van der Waals surface area contributed by atoms with Gasteiger partial charge in [0.05, 0.1) is 6.42 Å². The van der Waals surface area contributed by atoms with Crippen molar-refractivity contribution in [1.82, 2.24) is 15.3 Å². The van der Waals surface area contributed by atoms with Gasteiger partial charge in [-0.1, -0.05) is 30.3 Å². The topological polar surface area (TPSA) is 58.1 Å². The number of benzene rings is 1. The van der Waals surface area contributed by atoms with E-state index in [4.69, 9.17) is 9.97 Å². The van der Waals surface area contributed by atoms with Crippen molar-refractivity contribution in [3.05, 3.63) is 53.0 Å². The second kappa shape index (κ2) is 6.92. The second-order valence-electron chi connectivity index (χ2n) is 6.97. The molecule has 1 fully saturated rings. The highest BCUT2D eigenvalue weighted by atomic mass is 16.2. The summed E-state index contributed by atoms with van der Waals surface area (Å²) in [5, 5.41) is 3.37. The van der Waals surface area contributed by atoms with Gasteiger partial charge in [0.2, 0.25) is 5.91 Å². The van der Waals surface area contributed by atoms with Gasteiger partial charge in [0.15, 0.2) is 0 Å². The highest BCUT2D eigenvalue weighted by Gasteiger charge is 2.32. The molecule has 0 spiro atoms. The molecule has 5 heteroatoms. The molecule has 1 amide bonds. The maximum absolute atomic E-state index is 12.5. The number of hydrogen-bond acceptors (Lipinski definition) is 4. The Morgan fingerprint density at radius 3 is 2.84 bits per heavy atom. The van der Waals surface area contributed by atoms with E-state index < -0.39 is 0 Å². The van der Waals surface area contributed by atoms with E-state index in [1.807, 2.05) is 17.9 Å². The number of anilines is 1. The first-order chi connectivity index (χ1) is 12.2. The van der Waals surface area contributed by atoms with Crippen molar-refractivity contribution < 1.29 is 4.79 Å². The molecule has 5 nitrogen and oxygen atoms in total. The molecule has 4 rings (SSSR count). The van der Waals surface area contributed by atoms with Gasteiger partial charge in [-0.15, -0.1) is 0 Å². The van der Waals surface area contributed by atoms with Crippen LogP contribution >= 0.6 is 0 Å². The largest absolute Gasteiger partial charge is 0.316 e. The fourth-order valence-electron chi connectivity index (χ4n) is 3.77. The zero-order valence-electron chi connectivity index (χ0n) is 14.7. The summed E-state index contributed by atoms with van der Waals surface area (Å²) in [4.78, 5) is 23.9. The summed E-state index contributed by atoms with van der Waals surface area (Å²) in [5.41, 5.74) is 3.29. The van der Waals surface area contributed by atoms with Crippen LogP contribution in [0.3, 0.4) is 0 Å². The van der Waals surface area contributed by atoms with E-state index in [1.165, 1.54) is 5.56 Å². The molecule has 2 aliphatic heterocycles. The molecule has 0 radical (unpaired) electrons. The third-order valence-electron chi connectivity index (χ3n) is 5.21. The zero-order valence-corrected chi connectivity index (χ0v) is 14.7. The number of aryl methyl sites for hydroxylation is 2. The van der Waals surface area contributed by atoms with Gasteiger partial charge in [0, 0.05) is 30.3 Å². The molecular weight excluding hydrogens is 312 g/mol. The molecule has 1 saturated heterocycles. The van der Waals surface area contributed by atoms with Gasteiger partial charge in [0.25, 0.3) is 0 Å². The summed E-state index contributed by atoms with van der Waals surface area (Å²) < 4.78 is 0. The third-order valence-corrected chi connectivity index (χ3v) is 5.21. The average molecular weight is 336 g/mol. The fourth-order valence-corrected chi connectivity index (χ4v) is 3.77. The molecule has 1 atom stereocenters. The zero-order chi connectivity index (χ0) is 17.2. The maximum atomic E-state index is 12.5. The van der Waals surface area contributed by atoms with E-state index in [0.29, 0.717) is 12.3 Å². The molecule has 130 valence electrons. The molecule has 25 heavy (non-hydrogen) atoms. The van der Waals surface area contributed by atoms with Crippen LogP contribution in [-0.4, -0.2) is 35.5 Å². The number of rotatable bonds is 5. The minimum Gasteiger partial charge on any atom is -0.316 e. The molecule has 1 N–H and O–H groups in total. The molecule has 0 bridgehead atoms. The van der Waals surface area contributed by atoms with Crippen molar-refractivity contribution in [3.63, 3.8) is 0 Å². The summed E-state index contributed by atoms with van der Waals surface area (Å²) in [7, 11) is 0. The summed E-state index contributed by atoms with van der Waals surface area (Å²) >= 11 is 0. The number of nitrogens with zero attached hydrogens (tertiary/aromatic N) is 3. The smallest absolute Gasteiger partial charge is 0.232 e. The van der Waals surface area contributed by atoms with Gasteiger partial charge in [-0.25, -0.2) is 9.97 Å². The van der Waals surface area contributed by atoms with Gasteiger partial charge >= 0.3 is 0 Å². The molecule has 3 heterocycles. The van der Waals surface area contributed by atoms with E-state index in [9.17, 15) is 4.79 Å². The first-order valence-electron chi connectivity index (χ1n) is 9.15. The van der Waals surface area contributed by atoms with Crippen LogP contribution in [0.5, 0.6) is 0 Å². The number of carbonyl (C=O) groups excluding carboxylic acids is 1. The van der Waals surface area contributed by atoms with Crippen molar-refractivity contribution in [1.29, 1.82) is 0 Å². The SMILES string of the molecule is Cc1nc([C@@H]2CCNC2)nc2c1CC(=O)N2CCCc1ccccc1. The average Bonchev–Trinajstić information content (AvgIpc) is 3.25. The predicted molar refractivity (Wildman–Crippen MR) is 97.8 cm³/mol. The van der Waals surface area contributed by atoms with E-state index in [-0.39, 0.29) is 5.91 Å². The monoisotopic (exact) mass is 336 g/mol. The Morgan fingerprint density at radius 2 is 2.08 bits per heavy atom. The van der Waals surface area contributed by atoms with Gasteiger partial charge in [-0.2, -0.15) is 0 Å². The van der Waals surface area contributed by atoms with Crippen molar-refractivity contribution >= 4 is 11.7 Å². The summed E-state index contributed by atoms with van der Waals surface area (Å²) in [5.74, 6) is 2.27. The van der Waals surface area contributed by atoms with E-state index >= 15 is 0 Å². The number of nitrogens with one attached hydrogen (secondary N) is 1. The van der Waals surface area contributed by atoms with Crippen molar-refractivity contribution in [2.24, 2.45) is 0 Å². The van der Waals surface area contributed by atoms with E-state index in [1.54, 1.807) is 0 Å². The van der Waals surface area contributed by atoms with Crippen LogP contribution in [0.2, 0.25) is 0 Å². The normalized spacial score (nSPS) is 19.5. The van der Waals surface area contributed by atoms with Gasteiger partial charge in [-0.3, -0.25) is 9.69 Å². The van der Waals surface area contributed by atoms with Crippen LogP contribution in [0.25, 0.3) is 0 Å². The Labute approximate surface area is 148 Å². The van der Waals surface area contributed by atoms with Gasteiger partial charge < -0.3 is 5.32 Å². The molecule has 2 aliphatic rings.